The number of amides is 2. The number of anilines is 1. The van der Waals surface area contributed by atoms with Gasteiger partial charge in [-0.15, -0.1) is 0 Å². The van der Waals surface area contributed by atoms with E-state index in [-0.39, 0.29) is 24.8 Å². The first-order chi connectivity index (χ1) is 15.2. The molecule has 32 heavy (non-hydrogen) atoms. The molecule has 2 rings (SSSR count). The molecule has 1 atom stereocenters. The molecule has 2 amide bonds. The molecule has 174 valence electrons. The molecule has 0 bridgehead atoms. The highest BCUT2D eigenvalue weighted by molar-refractivity contribution is 7.92. The van der Waals surface area contributed by atoms with Gasteiger partial charge >= 0.3 is 0 Å². The van der Waals surface area contributed by atoms with Crippen molar-refractivity contribution in [3.8, 4) is 0 Å². The van der Waals surface area contributed by atoms with Crippen molar-refractivity contribution in [3.05, 3.63) is 66.2 Å². The number of nitrogens with zero attached hydrogens (tertiary/aromatic N) is 2. The highest BCUT2D eigenvalue weighted by atomic mass is 32.2. The van der Waals surface area contributed by atoms with Gasteiger partial charge in [-0.2, -0.15) is 0 Å². The molecule has 1 N–H and O–H groups in total. The number of hydrogen-bond donors (Lipinski definition) is 1. The van der Waals surface area contributed by atoms with Crippen LogP contribution in [0.25, 0.3) is 0 Å². The van der Waals surface area contributed by atoms with Crippen molar-refractivity contribution < 1.29 is 18.0 Å². The van der Waals surface area contributed by atoms with E-state index in [4.69, 9.17) is 0 Å². The Bertz CT molecular complexity index is 965. The van der Waals surface area contributed by atoms with E-state index in [1.165, 1.54) is 4.31 Å². The fraction of sp³-hybridized carbons (Fsp3) is 0.417. The Labute approximate surface area is 191 Å². The normalized spacial score (nSPS) is 12.1. The Morgan fingerprint density at radius 2 is 1.59 bits per heavy atom. The Morgan fingerprint density at radius 3 is 2.16 bits per heavy atom. The lowest BCUT2D eigenvalue weighted by Gasteiger charge is -2.29. The van der Waals surface area contributed by atoms with E-state index < -0.39 is 16.1 Å². The van der Waals surface area contributed by atoms with Crippen molar-refractivity contribution in [2.75, 3.05) is 23.7 Å². The van der Waals surface area contributed by atoms with Crippen LogP contribution in [0, 0.1) is 0 Å². The van der Waals surface area contributed by atoms with Gasteiger partial charge in [0.2, 0.25) is 21.8 Å². The Kier molecular flexibility index (Phi) is 9.71. The van der Waals surface area contributed by atoms with Crippen molar-refractivity contribution in [1.29, 1.82) is 0 Å². The molecular weight excluding hydrogens is 426 g/mol. The molecule has 2 aromatic rings. The number of hydrogen-bond acceptors (Lipinski definition) is 4. The molecule has 0 saturated heterocycles. The largest absolute Gasteiger partial charge is 0.354 e. The third-order valence-corrected chi connectivity index (χ3v) is 6.30. The maximum absolute atomic E-state index is 13.1. The van der Waals surface area contributed by atoms with Crippen LogP contribution in [0.5, 0.6) is 0 Å². The summed E-state index contributed by atoms with van der Waals surface area (Å²) in [5.74, 6) is -0.382. The fourth-order valence-electron chi connectivity index (χ4n) is 3.36. The zero-order valence-corrected chi connectivity index (χ0v) is 19.8. The lowest BCUT2D eigenvalue weighted by atomic mass is 10.1. The van der Waals surface area contributed by atoms with E-state index in [1.54, 1.807) is 36.1 Å². The van der Waals surface area contributed by atoms with Crippen molar-refractivity contribution in [3.63, 3.8) is 0 Å². The van der Waals surface area contributed by atoms with E-state index in [2.05, 4.69) is 5.32 Å². The second kappa shape index (κ2) is 12.2. The second-order valence-electron chi connectivity index (χ2n) is 7.75. The molecule has 0 aliphatic carbocycles. The Morgan fingerprint density at radius 1 is 1.00 bits per heavy atom. The van der Waals surface area contributed by atoms with Gasteiger partial charge in [-0.25, -0.2) is 8.42 Å². The molecule has 0 aromatic heterocycles. The van der Waals surface area contributed by atoms with Crippen LogP contribution in [0.15, 0.2) is 60.7 Å². The summed E-state index contributed by atoms with van der Waals surface area (Å²) in [5, 5.41) is 2.85. The van der Waals surface area contributed by atoms with Crippen LogP contribution >= 0.6 is 0 Å². The van der Waals surface area contributed by atoms with Crippen LogP contribution in [-0.2, 0) is 26.2 Å². The highest BCUT2D eigenvalue weighted by Gasteiger charge is 2.26. The molecule has 8 heteroatoms. The number of carbonyl (C=O) groups is 2. The average Bonchev–Trinajstić information content (AvgIpc) is 2.78. The molecule has 0 saturated carbocycles. The van der Waals surface area contributed by atoms with Gasteiger partial charge < -0.3 is 10.2 Å². The van der Waals surface area contributed by atoms with E-state index in [1.807, 2.05) is 43.3 Å². The molecule has 2 aromatic carbocycles. The minimum absolute atomic E-state index is 0.136. The molecule has 0 spiro atoms. The van der Waals surface area contributed by atoms with Crippen LogP contribution in [-0.4, -0.2) is 50.5 Å². The van der Waals surface area contributed by atoms with Gasteiger partial charge in [-0.1, -0.05) is 55.5 Å². The van der Waals surface area contributed by atoms with Crippen molar-refractivity contribution in [1.82, 2.24) is 10.2 Å². The number of para-hydroxylation sites is 1. The van der Waals surface area contributed by atoms with Crippen LogP contribution in [0.1, 0.15) is 38.7 Å². The van der Waals surface area contributed by atoms with Crippen LogP contribution < -0.4 is 9.62 Å². The molecule has 7 nitrogen and oxygen atoms in total. The number of rotatable bonds is 12. The van der Waals surface area contributed by atoms with Gasteiger partial charge in [0.25, 0.3) is 0 Å². The summed E-state index contributed by atoms with van der Waals surface area (Å²) in [6, 6.07) is 17.7. The first kappa shape index (κ1) is 25.4. The van der Waals surface area contributed by atoms with Crippen molar-refractivity contribution >= 4 is 27.5 Å². The van der Waals surface area contributed by atoms with Gasteiger partial charge in [0.05, 0.1) is 11.9 Å². The van der Waals surface area contributed by atoms with E-state index in [9.17, 15) is 18.0 Å². The van der Waals surface area contributed by atoms with Crippen molar-refractivity contribution in [2.45, 2.75) is 45.7 Å². The van der Waals surface area contributed by atoms with Gasteiger partial charge in [-0.05, 0) is 37.5 Å². The predicted molar refractivity (Wildman–Crippen MR) is 128 cm³/mol. The minimum Gasteiger partial charge on any atom is -0.354 e. The summed E-state index contributed by atoms with van der Waals surface area (Å²) in [7, 11) is -3.48. The first-order valence-electron chi connectivity index (χ1n) is 10.9. The summed E-state index contributed by atoms with van der Waals surface area (Å²) in [4.78, 5) is 27.2. The van der Waals surface area contributed by atoms with Crippen LogP contribution in [0.2, 0.25) is 0 Å². The van der Waals surface area contributed by atoms with Crippen LogP contribution in [0.4, 0.5) is 5.69 Å². The lowest BCUT2D eigenvalue weighted by molar-refractivity contribution is -0.140. The number of carbonyl (C=O) groups excluding carboxylic acids is 2. The number of sulfonamides is 1. The fourth-order valence-corrected chi connectivity index (χ4v) is 4.32. The van der Waals surface area contributed by atoms with E-state index >= 15 is 0 Å². The van der Waals surface area contributed by atoms with Gasteiger partial charge in [0.15, 0.2) is 0 Å². The van der Waals surface area contributed by atoms with E-state index in [0.29, 0.717) is 25.2 Å². The molecule has 0 unspecified atom stereocenters. The highest BCUT2D eigenvalue weighted by Crippen LogP contribution is 2.18. The van der Waals surface area contributed by atoms with Gasteiger partial charge in [0, 0.05) is 26.1 Å². The summed E-state index contributed by atoms with van der Waals surface area (Å²) in [6.45, 7) is 4.74. The topological polar surface area (TPSA) is 86.8 Å². The summed E-state index contributed by atoms with van der Waals surface area (Å²) in [6.07, 6.45) is 2.45. The Hall–Kier alpha value is -2.87. The minimum atomic E-state index is -3.48. The zero-order valence-electron chi connectivity index (χ0n) is 19.0. The van der Waals surface area contributed by atoms with Gasteiger partial charge in [-0.3, -0.25) is 13.9 Å². The monoisotopic (exact) mass is 459 g/mol. The maximum Gasteiger partial charge on any atom is 0.242 e. The first-order valence-corrected chi connectivity index (χ1v) is 12.7. The maximum atomic E-state index is 13.1. The summed E-state index contributed by atoms with van der Waals surface area (Å²) < 4.78 is 25.8. The summed E-state index contributed by atoms with van der Waals surface area (Å²) in [5.41, 5.74) is 1.49. The number of benzene rings is 2. The average molecular weight is 460 g/mol. The molecule has 0 heterocycles. The molecular formula is C24H33N3O4S. The molecule has 0 radical (unpaired) electrons. The van der Waals surface area contributed by atoms with E-state index in [0.717, 1.165) is 18.2 Å². The quantitative estimate of drug-likeness (QED) is 0.528. The zero-order chi connectivity index (χ0) is 23.6. The standard InChI is InChI=1S/C24H33N3O4S/c1-4-17-25-24(29)20(2)26(19-21-12-7-5-8-13-21)23(28)16-11-18-27(32(3,30)31)22-14-9-6-10-15-22/h5-10,12-15,20H,4,11,16-19H2,1-3H3,(H,25,29)/t20-/m0/s1. The molecule has 0 fully saturated rings. The lowest BCUT2D eigenvalue weighted by Crippen LogP contribution is -2.47. The number of nitrogens with one attached hydrogen (secondary N) is 1. The molecule has 0 aliphatic rings. The summed E-state index contributed by atoms with van der Waals surface area (Å²) >= 11 is 0. The van der Waals surface area contributed by atoms with Gasteiger partial charge in [0.1, 0.15) is 6.04 Å². The molecule has 0 aliphatic heterocycles. The third kappa shape index (κ3) is 7.67. The van der Waals surface area contributed by atoms with Crippen molar-refractivity contribution in [2.24, 2.45) is 0 Å². The Balaban J connectivity index is 2.10. The smallest absolute Gasteiger partial charge is 0.242 e. The third-order valence-electron chi connectivity index (χ3n) is 5.11. The predicted octanol–water partition coefficient (Wildman–Crippen LogP) is 3.18. The second-order valence-corrected chi connectivity index (χ2v) is 9.66. The SMILES string of the molecule is CCCNC(=O)[C@H](C)N(Cc1ccccc1)C(=O)CCCN(c1ccccc1)S(C)(=O)=O. The van der Waals surface area contributed by atoms with Crippen LogP contribution in [0.3, 0.4) is 0 Å².